The molecule has 0 unspecified atom stereocenters. The van der Waals surface area contributed by atoms with E-state index < -0.39 is 32.5 Å². The fraction of sp³-hybridized carbons (Fsp3) is 0.179. The number of hydrogen-bond donors (Lipinski definition) is 2. The Morgan fingerprint density at radius 1 is 0.977 bits per heavy atom. The highest BCUT2D eigenvalue weighted by Gasteiger charge is 2.32. The quantitative estimate of drug-likeness (QED) is 0.248. The van der Waals surface area contributed by atoms with Gasteiger partial charge in [-0.1, -0.05) is 12.1 Å². The zero-order chi connectivity index (χ0) is 31.1. The number of nitrogens with one attached hydrogen (secondary N) is 2. The number of ether oxygens (including phenoxy) is 1. The van der Waals surface area contributed by atoms with Crippen molar-refractivity contribution < 1.29 is 31.1 Å². The van der Waals surface area contributed by atoms with Gasteiger partial charge in [-0.05, 0) is 48.4 Å². The average molecular weight is 625 g/mol. The van der Waals surface area contributed by atoms with Crippen LogP contribution in [0.2, 0.25) is 0 Å². The average Bonchev–Trinajstić information content (AvgIpc) is 3.36. The van der Waals surface area contributed by atoms with Crippen LogP contribution in [0.25, 0.3) is 16.8 Å². The van der Waals surface area contributed by atoms with Gasteiger partial charge in [0.05, 0.1) is 40.4 Å². The van der Waals surface area contributed by atoms with E-state index in [-0.39, 0.29) is 17.4 Å². The van der Waals surface area contributed by atoms with E-state index >= 15 is 0 Å². The normalized spacial score (nSPS) is 13.4. The second-order valence-corrected chi connectivity index (χ2v) is 11.9. The SMILES string of the molecule is CS(=O)(=O)c1cc(C(F)(F)F)ccc1NC(=O)Nc1cnc(Oc2ccc(-c3cnn4ccc(N5CCC5)nc34)cc2)nc1. The highest BCUT2D eigenvalue weighted by atomic mass is 32.2. The van der Waals surface area contributed by atoms with Crippen molar-refractivity contribution in [2.24, 2.45) is 0 Å². The Morgan fingerprint density at radius 3 is 2.34 bits per heavy atom. The molecule has 4 heterocycles. The summed E-state index contributed by atoms with van der Waals surface area (Å²) in [6.07, 6.45) is 3.28. The summed E-state index contributed by atoms with van der Waals surface area (Å²) in [7, 11) is -4.09. The van der Waals surface area contributed by atoms with Crippen molar-refractivity contribution in [3.05, 3.63) is 78.9 Å². The molecule has 2 amide bonds. The predicted octanol–water partition coefficient (Wildman–Crippen LogP) is 5.26. The lowest BCUT2D eigenvalue weighted by molar-refractivity contribution is -0.137. The minimum atomic E-state index is -4.76. The summed E-state index contributed by atoms with van der Waals surface area (Å²) in [4.78, 5) is 26.9. The Balaban J connectivity index is 1.10. The molecule has 5 aromatic rings. The van der Waals surface area contributed by atoms with Gasteiger partial charge in [0.25, 0.3) is 0 Å². The van der Waals surface area contributed by atoms with Gasteiger partial charge in [0.2, 0.25) is 0 Å². The Bertz CT molecular complexity index is 1960. The van der Waals surface area contributed by atoms with E-state index in [9.17, 15) is 26.4 Å². The first-order chi connectivity index (χ1) is 20.9. The van der Waals surface area contributed by atoms with Gasteiger partial charge in [-0.2, -0.15) is 18.3 Å². The summed E-state index contributed by atoms with van der Waals surface area (Å²) in [6, 6.07) is 10.2. The van der Waals surface area contributed by atoms with E-state index in [1.165, 1.54) is 12.4 Å². The summed E-state index contributed by atoms with van der Waals surface area (Å²) < 4.78 is 70.7. The number of amides is 2. The maximum absolute atomic E-state index is 13.1. The zero-order valence-electron chi connectivity index (χ0n) is 22.9. The van der Waals surface area contributed by atoms with E-state index in [1.807, 2.05) is 24.4 Å². The van der Waals surface area contributed by atoms with Crippen LogP contribution in [0.5, 0.6) is 11.8 Å². The monoisotopic (exact) mass is 624 g/mol. The summed E-state index contributed by atoms with van der Waals surface area (Å²) in [5, 5.41) is 9.03. The van der Waals surface area contributed by atoms with Crippen LogP contribution in [-0.4, -0.2) is 58.4 Å². The smallest absolute Gasteiger partial charge is 0.416 e. The number of aromatic nitrogens is 5. The molecule has 0 atom stereocenters. The minimum absolute atomic E-state index is 0.0114. The van der Waals surface area contributed by atoms with Crippen LogP contribution >= 0.6 is 0 Å². The third-order valence-corrected chi connectivity index (χ3v) is 7.89. The molecule has 1 aliphatic rings. The molecule has 0 radical (unpaired) electrons. The molecule has 1 saturated heterocycles. The Hall–Kier alpha value is -5.25. The van der Waals surface area contributed by atoms with E-state index in [1.54, 1.807) is 22.8 Å². The highest BCUT2D eigenvalue weighted by Crippen LogP contribution is 2.34. The number of carbonyl (C=O) groups excluding carboxylic acids is 1. The van der Waals surface area contributed by atoms with Gasteiger partial charge >= 0.3 is 18.2 Å². The van der Waals surface area contributed by atoms with Crippen LogP contribution in [0, 0.1) is 0 Å². The first-order valence-electron chi connectivity index (χ1n) is 13.1. The van der Waals surface area contributed by atoms with Crippen molar-refractivity contribution in [2.75, 3.05) is 34.9 Å². The summed E-state index contributed by atoms with van der Waals surface area (Å²) in [6.45, 7) is 1.97. The van der Waals surface area contributed by atoms with Gasteiger partial charge in [0.1, 0.15) is 11.6 Å². The number of nitrogens with zero attached hydrogens (tertiary/aromatic N) is 6. The van der Waals surface area contributed by atoms with Crippen LogP contribution in [0.4, 0.5) is 35.2 Å². The van der Waals surface area contributed by atoms with Crippen LogP contribution in [-0.2, 0) is 16.0 Å². The van der Waals surface area contributed by atoms with E-state index in [0.717, 1.165) is 54.4 Å². The maximum Gasteiger partial charge on any atom is 0.416 e. The number of benzene rings is 2. The number of carbonyl (C=O) groups is 1. The molecule has 6 rings (SSSR count). The van der Waals surface area contributed by atoms with Gasteiger partial charge in [0, 0.05) is 31.1 Å². The van der Waals surface area contributed by atoms with E-state index in [4.69, 9.17) is 9.72 Å². The number of sulfone groups is 1. The molecule has 2 aromatic carbocycles. The number of urea groups is 1. The topological polar surface area (TPSA) is 144 Å². The van der Waals surface area contributed by atoms with Crippen molar-refractivity contribution in [1.29, 1.82) is 0 Å². The molecular weight excluding hydrogens is 601 g/mol. The zero-order valence-corrected chi connectivity index (χ0v) is 23.7. The molecular formula is C28H23F3N8O4S. The van der Waals surface area contributed by atoms with Gasteiger partial charge in [-0.15, -0.1) is 0 Å². The van der Waals surface area contributed by atoms with E-state index in [0.29, 0.717) is 17.9 Å². The molecule has 16 heteroatoms. The first-order valence-corrected chi connectivity index (χ1v) is 15.0. The first kappa shape index (κ1) is 28.9. The highest BCUT2D eigenvalue weighted by molar-refractivity contribution is 7.90. The molecule has 0 saturated carbocycles. The Kier molecular flexibility index (Phi) is 7.28. The Morgan fingerprint density at radius 2 is 1.70 bits per heavy atom. The standard InChI is InChI=1S/C28H23F3N8O4S/c1-44(41,42)23-13-18(28(29,30)31)5-8-22(23)36-26(40)35-19-14-32-27(33-15-19)43-20-6-3-17(4-7-20)21-16-34-39-12-9-24(37-25(21)39)38-10-2-11-38/h3-9,12-16H,2,10-11H2,1H3,(H2,35,36,40). The molecule has 12 nitrogen and oxygen atoms in total. The molecule has 226 valence electrons. The Labute approximate surface area is 248 Å². The molecule has 1 fully saturated rings. The molecule has 0 bridgehead atoms. The molecule has 2 N–H and O–H groups in total. The number of rotatable bonds is 7. The minimum Gasteiger partial charge on any atom is -0.424 e. The third kappa shape index (κ3) is 6.10. The van der Waals surface area contributed by atoms with Gasteiger partial charge in [-0.3, -0.25) is 0 Å². The second kappa shape index (κ2) is 11.1. The number of fused-ring (bicyclic) bond motifs is 1. The van der Waals surface area contributed by atoms with Crippen LogP contribution in [0.3, 0.4) is 0 Å². The van der Waals surface area contributed by atoms with E-state index in [2.05, 4.69) is 30.6 Å². The lowest BCUT2D eigenvalue weighted by atomic mass is 10.1. The molecule has 0 aliphatic carbocycles. The third-order valence-electron chi connectivity index (χ3n) is 6.75. The van der Waals surface area contributed by atoms with Gasteiger partial charge < -0.3 is 20.3 Å². The summed E-state index contributed by atoms with van der Waals surface area (Å²) in [5.74, 6) is 1.37. The number of halogens is 3. The fourth-order valence-electron chi connectivity index (χ4n) is 4.42. The van der Waals surface area contributed by atoms with Crippen LogP contribution in [0.15, 0.2) is 78.2 Å². The van der Waals surface area contributed by atoms with Crippen LogP contribution < -0.4 is 20.3 Å². The number of alkyl halides is 3. The van der Waals surface area contributed by atoms with Crippen molar-refractivity contribution in [1.82, 2.24) is 24.6 Å². The fourth-order valence-corrected chi connectivity index (χ4v) is 5.28. The second-order valence-electron chi connectivity index (χ2n) is 9.89. The van der Waals surface area contributed by atoms with Crippen molar-refractivity contribution in [3.63, 3.8) is 0 Å². The van der Waals surface area contributed by atoms with Crippen molar-refractivity contribution in [3.8, 4) is 22.9 Å². The number of hydrogen-bond acceptors (Lipinski definition) is 9. The summed E-state index contributed by atoms with van der Waals surface area (Å²) in [5.41, 5.74) is 1.13. The molecule has 1 aliphatic heterocycles. The molecule has 3 aromatic heterocycles. The van der Waals surface area contributed by atoms with Gasteiger partial charge in [0.15, 0.2) is 15.5 Å². The van der Waals surface area contributed by atoms with Gasteiger partial charge in [-0.25, -0.2) is 32.7 Å². The van der Waals surface area contributed by atoms with Crippen molar-refractivity contribution in [2.45, 2.75) is 17.5 Å². The van der Waals surface area contributed by atoms with Crippen molar-refractivity contribution >= 4 is 38.7 Å². The largest absolute Gasteiger partial charge is 0.424 e. The number of anilines is 3. The summed E-state index contributed by atoms with van der Waals surface area (Å²) >= 11 is 0. The maximum atomic E-state index is 13.1. The lowest BCUT2D eigenvalue weighted by Crippen LogP contribution is -2.37. The predicted molar refractivity (Wildman–Crippen MR) is 155 cm³/mol. The van der Waals surface area contributed by atoms with Crippen LogP contribution in [0.1, 0.15) is 12.0 Å². The molecule has 44 heavy (non-hydrogen) atoms. The lowest BCUT2D eigenvalue weighted by Gasteiger charge is -2.31. The molecule has 0 spiro atoms.